The lowest BCUT2D eigenvalue weighted by Gasteiger charge is -2.32. The van der Waals surface area contributed by atoms with Gasteiger partial charge in [0.1, 0.15) is 110 Å². The molecule has 0 nitrogen and oxygen atoms in total. The lowest BCUT2D eigenvalue weighted by Crippen LogP contribution is -2.50. The maximum absolute atomic E-state index is 7.26. The van der Waals surface area contributed by atoms with E-state index in [1.54, 1.807) is 0 Å². The quantitative estimate of drug-likeness (QED) is 0.0997. The fourth-order valence-electron chi connectivity index (χ4n) is 8.78. The van der Waals surface area contributed by atoms with Crippen LogP contribution in [0.2, 0.25) is 0 Å². The first-order valence-corrected chi connectivity index (χ1v) is 18.2. The third-order valence-electron chi connectivity index (χ3n) is 11.7. The molecule has 14 heteroatoms. The van der Waals surface area contributed by atoms with E-state index in [2.05, 4.69) is 12.1 Å². The largest absolute Gasteiger partial charge is 0.113 e. The zero-order chi connectivity index (χ0) is 41.2. The summed E-state index contributed by atoms with van der Waals surface area (Å²) in [4.78, 5) is 0. The van der Waals surface area contributed by atoms with Crippen LogP contribution < -0.4 is 76.5 Å². The van der Waals surface area contributed by atoms with Gasteiger partial charge in [-0.05, 0) is 93.3 Å². The van der Waals surface area contributed by atoms with Gasteiger partial charge in [-0.2, -0.15) is 0 Å². The molecule has 9 rings (SSSR count). The number of hydrogen-bond acceptors (Lipinski definition) is 0. The van der Waals surface area contributed by atoms with Crippen molar-refractivity contribution in [2.45, 2.75) is 0 Å². The van der Waals surface area contributed by atoms with Crippen LogP contribution in [0, 0.1) is 0 Å². The maximum Gasteiger partial charge on any atom is 0.113 e. The summed E-state index contributed by atoms with van der Waals surface area (Å²) in [5.41, 5.74) is 3.93. The maximum atomic E-state index is 7.26. The van der Waals surface area contributed by atoms with Crippen LogP contribution >= 0.6 is 0 Å². The van der Waals surface area contributed by atoms with Crippen molar-refractivity contribution in [1.82, 2.24) is 0 Å². The lowest BCUT2D eigenvalue weighted by atomic mass is 9.57. The van der Waals surface area contributed by atoms with Crippen molar-refractivity contribution in [2.75, 3.05) is 0 Å². The summed E-state index contributed by atoms with van der Waals surface area (Å²) in [6.07, 6.45) is 0. The van der Waals surface area contributed by atoms with Crippen molar-refractivity contribution in [3.05, 3.63) is 84.9 Å². The molecule has 0 atom stereocenters. The molecule has 0 saturated heterocycles. The van der Waals surface area contributed by atoms with Crippen LogP contribution in [0.3, 0.4) is 0 Å². The molecular formula is C44H14B14. The van der Waals surface area contributed by atoms with E-state index in [-0.39, 0.29) is 87.6 Å². The summed E-state index contributed by atoms with van der Waals surface area (Å²) >= 11 is 0. The van der Waals surface area contributed by atoms with Crippen molar-refractivity contribution in [1.29, 1.82) is 0 Å². The average molecular weight is 694 g/mol. The first-order valence-electron chi connectivity index (χ1n) is 18.2. The van der Waals surface area contributed by atoms with E-state index in [0.29, 0.717) is 49.0 Å². The standard InChI is InChI=1S/C44H14B14/c45-31-21(15-8-2-1-3-9-15)24-30(38(52)44(58)39(53)33(24)47)29(32(31)46)23-27-25(34(48)40(54)42(56)36(27)50)22(26-28(23)37(51)43(57)41(55)35(26)49)20-14-16-10-4-5-11-17(16)18-12-6-7-13-19(18)20/h1-14H. The molecule has 0 amide bonds. The minimum absolute atomic E-state index is 0.0166. The highest BCUT2D eigenvalue weighted by Crippen LogP contribution is 2.45. The zero-order valence-electron chi connectivity index (χ0n) is 31.2. The summed E-state index contributed by atoms with van der Waals surface area (Å²) in [6, 6.07) is 27.4. The molecule has 0 aliphatic heterocycles. The molecule has 0 spiro atoms. The second-order valence-corrected chi connectivity index (χ2v) is 14.6. The summed E-state index contributed by atoms with van der Waals surface area (Å²) in [6.45, 7) is 0. The highest BCUT2D eigenvalue weighted by Gasteiger charge is 2.29. The molecule has 0 N–H and O–H groups in total. The van der Waals surface area contributed by atoms with Crippen molar-refractivity contribution < 1.29 is 0 Å². The zero-order valence-corrected chi connectivity index (χ0v) is 31.2. The smallest absolute Gasteiger partial charge is 0.110 e. The molecule has 0 fully saturated rings. The van der Waals surface area contributed by atoms with Gasteiger partial charge in [-0.3, -0.25) is 0 Å². The van der Waals surface area contributed by atoms with E-state index in [4.69, 9.17) is 110 Å². The third-order valence-corrected chi connectivity index (χ3v) is 11.7. The number of fused-ring (bicyclic) bond motifs is 6. The Bertz CT molecular complexity index is 3240. The van der Waals surface area contributed by atoms with Crippen molar-refractivity contribution in [2.24, 2.45) is 0 Å². The lowest BCUT2D eigenvalue weighted by molar-refractivity contribution is 1.69. The Morgan fingerprint density at radius 1 is 0.241 bits per heavy atom. The van der Waals surface area contributed by atoms with Crippen LogP contribution in [0.5, 0.6) is 0 Å². The monoisotopic (exact) mass is 696 g/mol. The molecule has 9 aromatic carbocycles. The van der Waals surface area contributed by atoms with Gasteiger partial charge in [0.15, 0.2) is 0 Å². The first kappa shape index (κ1) is 38.7. The Morgan fingerprint density at radius 3 is 1.07 bits per heavy atom. The van der Waals surface area contributed by atoms with Gasteiger partial charge in [0, 0.05) is 0 Å². The fourth-order valence-corrected chi connectivity index (χ4v) is 8.78. The predicted molar refractivity (Wildman–Crippen MR) is 266 cm³/mol. The van der Waals surface area contributed by atoms with E-state index >= 15 is 0 Å². The van der Waals surface area contributed by atoms with Gasteiger partial charge in [0.2, 0.25) is 0 Å². The predicted octanol–water partition coefficient (Wildman–Crippen LogP) is -4.43. The van der Waals surface area contributed by atoms with Crippen molar-refractivity contribution in [3.63, 3.8) is 0 Å². The van der Waals surface area contributed by atoms with Crippen LogP contribution in [-0.4, -0.2) is 110 Å². The van der Waals surface area contributed by atoms with E-state index in [9.17, 15) is 0 Å². The van der Waals surface area contributed by atoms with Gasteiger partial charge in [-0.15, -0.1) is 32.8 Å². The fraction of sp³-hybridized carbons (Fsp3) is 0. The molecule has 0 bridgehead atoms. The second kappa shape index (κ2) is 13.9. The van der Waals surface area contributed by atoms with Crippen LogP contribution in [0.25, 0.3) is 87.2 Å². The molecule has 0 aliphatic carbocycles. The first-order chi connectivity index (χ1) is 27.7. The normalized spacial score (nSPS) is 11.7. The van der Waals surface area contributed by atoms with Gasteiger partial charge >= 0.3 is 0 Å². The van der Waals surface area contributed by atoms with E-state index in [1.165, 1.54) is 0 Å². The van der Waals surface area contributed by atoms with Crippen LogP contribution in [0.4, 0.5) is 0 Å². The van der Waals surface area contributed by atoms with Gasteiger partial charge in [-0.1, -0.05) is 123 Å². The summed E-state index contributed by atoms with van der Waals surface area (Å²) < 4.78 is 0. The summed E-state index contributed by atoms with van der Waals surface area (Å²) in [5.74, 6) is 0. The van der Waals surface area contributed by atoms with Gasteiger partial charge in [-0.25, -0.2) is 0 Å². The Kier molecular flexibility index (Phi) is 9.27. The SMILES string of the molecule is [B]c1c([B])c([B])c2c(-c3c4c([B])c([B])c([B])c([B])c4c(-c4cc5ccccc5c5ccccc45)c4c([B])c([B])c([B])c([B])c34)c([B])c([B])c(-c3ccccc3)c2c1[B]. The molecule has 28 radical (unpaired) electrons. The number of rotatable bonds is 3. The molecule has 0 aromatic heterocycles. The van der Waals surface area contributed by atoms with E-state index in [0.717, 1.165) is 27.1 Å². The molecule has 58 heavy (non-hydrogen) atoms. The highest BCUT2D eigenvalue weighted by atomic mass is 14.3. The van der Waals surface area contributed by atoms with Gasteiger partial charge in [0.05, 0.1) is 0 Å². The van der Waals surface area contributed by atoms with Crippen LogP contribution in [-0.2, 0) is 0 Å². The number of hydrogen-bond donors (Lipinski definition) is 0. The minimum atomic E-state index is 0.0166. The summed E-state index contributed by atoms with van der Waals surface area (Å²) in [7, 11) is 96.9. The molecule has 0 saturated carbocycles. The number of benzene rings is 9. The Labute approximate surface area is 356 Å². The Balaban J connectivity index is 1.66. The second-order valence-electron chi connectivity index (χ2n) is 14.6. The van der Waals surface area contributed by atoms with Crippen LogP contribution in [0.15, 0.2) is 84.9 Å². The topological polar surface area (TPSA) is 0 Å². The van der Waals surface area contributed by atoms with Crippen LogP contribution in [0.1, 0.15) is 0 Å². The van der Waals surface area contributed by atoms with E-state index < -0.39 is 0 Å². The molecular weight excluding hydrogens is 680 g/mol. The Hall–Kier alpha value is -4.81. The van der Waals surface area contributed by atoms with Crippen molar-refractivity contribution in [3.8, 4) is 33.4 Å². The average Bonchev–Trinajstić information content (AvgIpc) is 3.24. The molecule has 232 valence electrons. The highest BCUT2D eigenvalue weighted by molar-refractivity contribution is 6.73. The molecule has 9 aromatic rings. The molecule has 0 heterocycles. The molecule has 0 unspecified atom stereocenters. The van der Waals surface area contributed by atoms with Gasteiger partial charge in [0.25, 0.3) is 0 Å². The molecule has 0 aliphatic rings. The minimum Gasteiger partial charge on any atom is -0.110 e. The Morgan fingerprint density at radius 2 is 0.586 bits per heavy atom. The third kappa shape index (κ3) is 5.22. The van der Waals surface area contributed by atoms with Gasteiger partial charge < -0.3 is 0 Å². The van der Waals surface area contributed by atoms with E-state index in [1.807, 2.05) is 72.8 Å². The van der Waals surface area contributed by atoms with Crippen molar-refractivity contribution >= 4 is 240 Å². The summed E-state index contributed by atoms with van der Waals surface area (Å²) in [5, 5.41) is 5.86.